The molecule has 0 aliphatic carbocycles. The van der Waals surface area contributed by atoms with Gasteiger partial charge in [0.15, 0.2) is 0 Å². The molecule has 0 fully saturated rings. The summed E-state index contributed by atoms with van der Waals surface area (Å²) in [6.45, 7) is 0. The molecule has 4 heteroatoms. The second-order valence-corrected chi connectivity index (χ2v) is 3.42. The third-order valence-electron chi connectivity index (χ3n) is 2.02. The molecular formula is C11H12BrNO2. The molecule has 1 aromatic rings. The van der Waals surface area contributed by atoms with E-state index in [1.807, 2.05) is 24.3 Å². The van der Waals surface area contributed by atoms with Gasteiger partial charge in [-0.2, -0.15) is 0 Å². The van der Waals surface area contributed by atoms with Gasteiger partial charge in [0.2, 0.25) is 0 Å². The summed E-state index contributed by atoms with van der Waals surface area (Å²) in [5, 5.41) is 0.680. The highest BCUT2D eigenvalue weighted by Gasteiger charge is 2.15. The number of hydrogen-bond acceptors (Lipinski definition) is 3. The molecule has 80 valence electrons. The number of esters is 1. The highest BCUT2D eigenvalue weighted by molar-refractivity contribution is 9.08. The van der Waals surface area contributed by atoms with Gasteiger partial charge in [-0.1, -0.05) is 40.2 Å². The quantitative estimate of drug-likeness (QED) is 0.479. The lowest BCUT2D eigenvalue weighted by Gasteiger charge is -2.07. The summed E-state index contributed by atoms with van der Waals surface area (Å²) in [5.74, 6) is -0.411. The van der Waals surface area contributed by atoms with Crippen molar-refractivity contribution in [2.45, 2.75) is 5.33 Å². The molecule has 0 spiro atoms. The molecule has 0 atom stereocenters. The zero-order valence-electron chi connectivity index (χ0n) is 8.66. The SMILES string of the molecule is C/N=C(/C(=O)OC)c1ccccc1CBr. The monoisotopic (exact) mass is 269 g/mol. The number of ether oxygens (including phenoxy) is 1. The van der Waals surface area contributed by atoms with Crippen molar-refractivity contribution in [2.75, 3.05) is 14.2 Å². The van der Waals surface area contributed by atoms with E-state index in [2.05, 4.69) is 25.7 Å². The van der Waals surface area contributed by atoms with Gasteiger partial charge in [0.1, 0.15) is 5.71 Å². The first-order chi connectivity index (χ1) is 7.24. The minimum Gasteiger partial charge on any atom is -0.464 e. The first kappa shape index (κ1) is 11.9. The molecular weight excluding hydrogens is 258 g/mol. The van der Waals surface area contributed by atoms with Crippen molar-refractivity contribution in [2.24, 2.45) is 4.99 Å². The van der Waals surface area contributed by atoms with Crippen LogP contribution in [0.2, 0.25) is 0 Å². The third-order valence-corrected chi connectivity index (χ3v) is 2.62. The maximum absolute atomic E-state index is 11.4. The lowest BCUT2D eigenvalue weighted by molar-refractivity contribution is -0.132. The summed E-state index contributed by atoms with van der Waals surface area (Å²) in [6.07, 6.45) is 0. The van der Waals surface area contributed by atoms with Crippen LogP contribution in [-0.2, 0) is 14.9 Å². The van der Waals surface area contributed by atoms with Crippen LogP contribution >= 0.6 is 15.9 Å². The first-order valence-corrected chi connectivity index (χ1v) is 5.56. The number of nitrogens with zero attached hydrogens (tertiary/aromatic N) is 1. The fourth-order valence-corrected chi connectivity index (χ4v) is 1.78. The number of methoxy groups -OCH3 is 1. The van der Waals surface area contributed by atoms with Crippen molar-refractivity contribution < 1.29 is 9.53 Å². The zero-order chi connectivity index (χ0) is 11.3. The number of carbonyl (C=O) groups is 1. The molecule has 1 aromatic carbocycles. The van der Waals surface area contributed by atoms with Gasteiger partial charge in [0.25, 0.3) is 0 Å². The normalized spacial score (nSPS) is 11.3. The average molecular weight is 270 g/mol. The number of alkyl halides is 1. The lowest BCUT2D eigenvalue weighted by Crippen LogP contribution is -2.18. The Bertz CT molecular complexity index is 388. The van der Waals surface area contributed by atoms with Crippen LogP contribution in [0, 0.1) is 0 Å². The molecule has 0 heterocycles. The van der Waals surface area contributed by atoms with E-state index >= 15 is 0 Å². The maximum atomic E-state index is 11.4. The van der Waals surface area contributed by atoms with Gasteiger partial charge in [0.05, 0.1) is 7.11 Å². The Morgan fingerprint density at radius 3 is 2.67 bits per heavy atom. The van der Waals surface area contributed by atoms with Crippen LogP contribution in [0.5, 0.6) is 0 Å². The van der Waals surface area contributed by atoms with Crippen molar-refractivity contribution in [1.82, 2.24) is 0 Å². The van der Waals surface area contributed by atoms with E-state index < -0.39 is 5.97 Å². The van der Waals surface area contributed by atoms with Gasteiger partial charge in [-0.15, -0.1) is 0 Å². The van der Waals surface area contributed by atoms with Crippen molar-refractivity contribution >= 4 is 27.6 Å². The number of rotatable bonds is 3. The fourth-order valence-electron chi connectivity index (χ4n) is 1.29. The molecule has 1 rings (SSSR count). The van der Waals surface area contributed by atoms with E-state index in [0.29, 0.717) is 11.0 Å². The van der Waals surface area contributed by atoms with Gasteiger partial charge in [0, 0.05) is 17.9 Å². The third kappa shape index (κ3) is 2.65. The number of halogens is 1. The molecule has 0 N–H and O–H groups in total. The predicted molar refractivity (Wildman–Crippen MR) is 63.6 cm³/mol. The molecule has 0 aromatic heterocycles. The zero-order valence-corrected chi connectivity index (χ0v) is 10.2. The summed E-state index contributed by atoms with van der Waals surface area (Å²) < 4.78 is 4.67. The van der Waals surface area contributed by atoms with Gasteiger partial charge in [-0.3, -0.25) is 4.99 Å². The molecule has 0 bridgehead atoms. The number of benzene rings is 1. The van der Waals surface area contributed by atoms with E-state index in [9.17, 15) is 4.79 Å². The molecule has 0 radical (unpaired) electrons. The van der Waals surface area contributed by atoms with E-state index in [0.717, 1.165) is 11.1 Å². The number of hydrogen-bond donors (Lipinski definition) is 0. The molecule has 3 nitrogen and oxygen atoms in total. The van der Waals surface area contributed by atoms with E-state index in [-0.39, 0.29) is 0 Å². The van der Waals surface area contributed by atoms with Crippen LogP contribution in [0.1, 0.15) is 11.1 Å². The first-order valence-electron chi connectivity index (χ1n) is 4.44. The van der Waals surface area contributed by atoms with Crippen molar-refractivity contribution in [3.05, 3.63) is 35.4 Å². The lowest BCUT2D eigenvalue weighted by atomic mass is 10.0. The summed E-state index contributed by atoms with van der Waals surface area (Å²) in [5.41, 5.74) is 2.18. The Kier molecular flexibility index (Phi) is 4.49. The fraction of sp³-hybridized carbons (Fsp3) is 0.273. The van der Waals surface area contributed by atoms with Crippen LogP contribution in [0.15, 0.2) is 29.3 Å². The molecule has 0 saturated carbocycles. The van der Waals surface area contributed by atoms with Crippen molar-refractivity contribution in [3.8, 4) is 0 Å². The molecule has 0 aliphatic rings. The van der Waals surface area contributed by atoms with Gasteiger partial charge in [-0.05, 0) is 5.56 Å². The summed E-state index contributed by atoms with van der Waals surface area (Å²) >= 11 is 3.37. The molecule has 0 aliphatic heterocycles. The van der Waals surface area contributed by atoms with Crippen molar-refractivity contribution in [3.63, 3.8) is 0 Å². The molecule has 15 heavy (non-hydrogen) atoms. The standard InChI is InChI=1S/C11H12BrNO2/c1-13-10(11(14)15-2)9-6-4-3-5-8(9)7-12/h3-6H,7H2,1-2H3/b13-10+. The summed E-state index contributed by atoms with van der Waals surface area (Å²) in [6, 6.07) is 7.59. The van der Waals surface area contributed by atoms with Crippen LogP contribution in [0.4, 0.5) is 0 Å². The molecule has 0 amide bonds. The summed E-state index contributed by atoms with van der Waals surface area (Å²) in [4.78, 5) is 15.4. The largest absolute Gasteiger partial charge is 0.464 e. The van der Waals surface area contributed by atoms with E-state index in [1.54, 1.807) is 7.05 Å². The second-order valence-electron chi connectivity index (χ2n) is 2.85. The number of aliphatic imine (C=N–C) groups is 1. The predicted octanol–water partition coefficient (Wildman–Crippen LogP) is 2.17. The minimum absolute atomic E-state index is 0.354. The Morgan fingerprint density at radius 1 is 1.47 bits per heavy atom. The Morgan fingerprint density at radius 2 is 2.13 bits per heavy atom. The van der Waals surface area contributed by atoms with Crippen molar-refractivity contribution in [1.29, 1.82) is 0 Å². The summed E-state index contributed by atoms with van der Waals surface area (Å²) in [7, 11) is 2.93. The molecule has 0 saturated heterocycles. The van der Waals surface area contributed by atoms with Gasteiger partial charge in [-0.25, -0.2) is 4.79 Å². The van der Waals surface area contributed by atoms with Crippen LogP contribution in [-0.4, -0.2) is 25.8 Å². The Hall–Kier alpha value is -1.16. The maximum Gasteiger partial charge on any atom is 0.356 e. The van der Waals surface area contributed by atoms with E-state index in [4.69, 9.17) is 0 Å². The minimum atomic E-state index is -0.411. The number of carbonyl (C=O) groups excluding carboxylic acids is 1. The topological polar surface area (TPSA) is 38.7 Å². The Balaban J connectivity index is 3.18. The van der Waals surface area contributed by atoms with Crippen LogP contribution in [0.3, 0.4) is 0 Å². The smallest absolute Gasteiger partial charge is 0.356 e. The average Bonchev–Trinajstić information content (AvgIpc) is 2.30. The highest BCUT2D eigenvalue weighted by atomic mass is 79.9. The van der Waals surface area contributed by atoms with Crippen LogP contribution < -0.4 is 0 Å². The second kappa shape index (κ2) is 5.66. The Labute approximate surface area is 97.3 Å². The van der Waals surface area contributed by atoms with Crippen LogP contribution in [0.25, 0.3) is 0 Å². The van der Waals surface area contributed by atoms with E-state index in [1.165, 1.54) is 7.11 Å². The van der Waals surface area contributed by atoms with Gasteiger partial charge < -0.3 is 4.74 Å². The highest BCUT2D eigenvalue weighted by Crippen LogP contribution is 2.14. The van der Waals surface area contributed by atoms with Gasteiger partial charge >= 0.3 is 5.97 Å². The molecule has 0 unspecified atom stereocenters.